The van der Waals surface area contributed by atoms with Gasteiger partial charge in [-0.05, 0) is 43.7 Å². The highest BCUT2D eigenvalue weighted by atomic mass is 16.2. The number of nitrogens with one attached hydrogen (secondary N) is 2. The molecule has 9 heteroatoms. The van der Waals surface area contributed by atoms with E-state index < -0.39 is 0 Å². The van der Waals surface area contributed by atoms with Crippen molar-refractivity contribution >= 4 is 17.4 Å². The van der Waals surface area contributed by atoms with Gasteiger partial charge in [0, 0.05) is 36.7 Å². The molecule has 0 aliphatic carbocycles. The van der Waals surface area contributed by atoms with Crippen LogP contribution in [0.25, 0.3) is 17.1 Å². The van der Waals surface area contributed by atoms with E-state index in [1.165, 1.54) is 6.33 Å². The van der Waals surface area contributed by atoms with Crippen LogP contribution in [0, 0.1) is 19.8 Å². The molecule has 0 bridgehead atoms. The number of aryl methyl sites for hydroxylation is 2. The van der Waals surface area contributed by atoms with E-state index in [-0.39, 0.29) is 11.8 Å². The average Bonchev–Trinajstić information content (AvgIpc) is 3.37. The molecule has 1 fully saturated rings. The van der Waals surface area contributed by atoms with Crippen molar-refractivity contribution in [3.8, 4) is 17.1 Å². The molecule has 156 valence electrons. The van der Waals surface area contributed by atoms with Crippen LogP contribution in [-0.2, 0) is 4.79 Å². The van der Waals surface area contributed by atoms with Gasteiger partial charge in [-0.2, -0.15) is 10.2 Å². The molecule has 1 saturated heterocycles. The molecule has 5 rings (SSSR count). The molecular formula is C22H22N8O. The van der Waals surface area contributed by atoms with E-state index in [1.54, 1.807) is 10.9 Å². The number of carbonyl (C=O) groups excluding carboxylic acids is 1. The van der Waals surface area contributed by atoms with Gasteiger partial charge in [0.15, 0.2) is 5.82 Å². The maximum atomic E-state index is 12.6. The molecule has 0 spiro atoms. The van der Waals surface area contributed by atoms with Crippen LogP contribution in [0.2, 0.25) is 0 Å². The van der Waals surface area contributed by atoms with Gasteiger partial charge in [-0.3, -0.25) is 9.89 Å². The van der Waals surface area contributed by atoms with Gasteiger partial charge in [-0.25, -0.2) is 14.6 Å². The Morgan fingerprint density at radius 1 is 1.06 bits per heavy atom. The van der Waals surface area contributed by atoms with Gasteiger partial charge in [0.1, 0.15) is 12.1 Å². The number of amides is 1. The second-order valence-electron chi connectivity index (χ2n) is 7.71. The summed E-state index contributed by atoms with van der Waals surface area (Å²) in [6.45, 7) is 5.18. The summed E-state index contributed by atoms with van der Waals surface area (Å²) in [4.78, 5) is 23.4. The first-order chi connectivity index (χ1) is 15.1. The number of carbonyl (C=O) groups is 1. The van der Waals surface area contributed by atoms with Crippen LogP contribution >= 0.6 is 0 Å². The van der Waals surface area contributed by atoms with Crippen molar-refractivity contribution in [3.63, 3.8) is 0 Å². The molecule has 2 N–H and O–H groups in total. The summed E-state index contributed by atoms with van der Waals surface area (Å²) in [5.41, 5.74) is 4.70. The van der Waals surface area contributed by atoms with Crippen molar-refractivity contribution < 1.29 is 4.79 Å². The number of aromatic amines is 1. The third kappa shape index (κ3) is 3.77. The lowest BCUT2D eigenvalue weighted by Crippen LogP contribution is -2.52. The zero-order valence-electron chi connectivity index (χ0n) is 17.3. The van der Waals surface area contributed by atoms with E-state index in [0.717, 1.165) is 40.0 Å². The SMILES string of the molecule is Cc1cc(C)n(-c2cc(N3CC(C(=O)Nc4ccc(-c5ccn[nH]5)cc4)C3)ncn2)n1. The first kappa shape index (κ1) is 19.0. The zero-order chi connectivity index (χ0) is 21.4. The quantitative estimate of drug-likeness (QED) is 0.520. The van der Waals surface area contributed by atoms with Crippen LogP contribution in [0.1, 0.15) is 11.4 Å². The van der Waals surface area contributed by atoms with E-state index >= 15 is 0 Å². The van der Waals surface area contributed by atoms with E-state index in [4.69, 9.17) is 0 Å². The molecule has 3 aromatic heterocycles. The van der Waals surface area contributed by atoms with Gasteiger partial charge in [-0.1, -0.05) is 12.1 Å². The van der Waals surface area contributed by atoms with Gasteiger partial charge in [0.05, 0.1) is 17.3 Å². The Balaban J connectivity index is 1.20. The van der Waals surface area contributed by atoms with Gasteiger partial charge in [-0.15, -0.1) is 0 Å². The zero-order valence-corrected chi connectivity index (χ0v) is 17.3. The fourth-order valence-corrected chi connectivity index (χ4v) is 3.71. The molecule has 0 unspecified atom stereocenters. The number of hydrogen-bond acceptors (Lipinski definition) is 6. The molecule has 0 atom stereocenters. The van der Waals surface area contributed by atoms with Gasteiger partial charge < -0.3 is 10.2 Å². The van der Waals surface area contributed by atoms with Gasteiger partial charge in [0.25, 0.3) is 0 Å². The fraction of sp³-hybridized carbons (Fsp3) is 0.227. The Labute approximate surface area is 179 Å². The molecule has 9 nitrogen and oxygen atoms in total. The molecule has 31 heavy (non-hydrogen) atoms. The smallest absolute Gasteiger partial charge is 0.231 e. The number of benzene rings is 1. The third-order valence-corrected chi connectivity index (χ3v) is 5.41. The third-order valence-electron chi connectivity index (χ3n) is 5.41. The maximum absolute atomic E-state index is 12.6. The summed E-state index contributed by atoms with van der Waals surface area (Å²) in [6.07, 6.45) is 3.25. The summed E-state index contributed by atoms with van der Waals surface area (Å²) in [7, 11) is 0. The number of H-pyrrole nitrogens is 1. The van der Waals surface area contributed by atoms with Crippen molar-refractivity contribution in [1.82, 2.24) is 29.9 Å². The molecule has 1 aliphatic heterocycles. The molecule has 1 aliphatic rings. The van der Waals surface area contributed by atoms with Crippen molar-refractivity contribution in [2.75, 3.05) is 23.3 Å². The molecule has 0 saturated carbocycles. The maximum Gasteiger partial charge on any atom is 0.231 e. The summed E-state index contributed by atoms with van der Waals surface area (Å²) >= 11 is 0. The van der Waals surface area contributed by atoms with Crippen LogP contribution in [0.15, 0.2) is 55.0 Å². The monoisotopic (exact) mass is 414 g/mol. The van der Waals surface area contributed by atoms with Crippen LogP contribution in [-0.4, -0.2) is 48.9 Å². The number of anilines is 2. The second-order valence-corrected chi connectivity index (χ2v) is 7.71. The van der Waals surface area contributed by atoms with E-state index in [9.17, 15) is 4.79 Å². The molecule has 4 aromatic rings. The summed E-state index contributed by atoms with van der Waals surface area (Å²) < 4.78 is 1.80. The highest BCUT2D eigenvalue weighted by Gasteiger charge is 2.33. The van der Waals surface area contributed by atoms with Gasteiger partial charge >= 0.3 is 0 Å². The Hall–Kier alpha value is -4.01. The average molecular weight is 414 g/mol. The van der Waals surface area contributed by atoms with Crippen molar-refractivity contribution in [1.29, 1.82) is 0 Å². The minimum absolute atomic E-state index is 0.0124. The number of aromatic nitrogens is 6. The molecule has 1 aromatic carbocycles. The van der Waals surface area contributed by atoms with E-state index in [2.05, 4.69) is 35.5 Å². The molecular weight excluding hydrogens is 392 g/mol. The normalized spacial score (nSPS) is 13.8. The van der Waals surface area contributed by atoms with Crippen molar-refractivity contribution in [3.05, 3.63) is 66.4 Å². The summed E-state index contributed by atoms with van der Waals surface area (Å²) in [6, 6.07) is 13.5. The first-order valence-corrected chi connectivity index (χ1v) is 10.1. The highest BCUT2D eigenvalue weighted by molar-refractivity contribution is 5.94. The van der Waals surface area contributed by atoms with Crippen molar-refractivity contribution in [2.45, 2.75) is 13.8 Å². The van der Waals surface area contributed by atoms with Crippen LogP contribution in [0.4, 0.5) is 11.5 Å². The Kier molecular flexibility index (Phi) is 4.70. The number of rotatable bonds is 5. The lowest BCUT2D eigenvalue weighted by Gasteiger charge is -2.39. The Morgan fingerprint density at radius 2 is 1.84 bits per heavy atom. The highest BCUT2D eigenvalue weighted by Crippen LogP contribution is 2.26. The van der Waals surface area contributed by atoms with Crippen LogP contribution in [0.3, 0.4) is 0 Å². The molecule has 4 heterocycles. The predicted molar refractivity (Wildman–Crippen MR) is 117 cm³/mol. The number of nitrogens with zero attached hydrogens (tertiary/aromatic N) is 6. The van der Waals surface area contributed by atoms with Crippen molar-refractivity contribution in [2.24, 2.45) is 5.92 Å². The Bertz CT molecular complexity index is 1210. The topological polar surface area (TPSA) is 105 Å². The fourth-order valence-electron chi connectivity index (χ4n) is 3.71. The second kappa shape index (κ2) is 7.67. The standard InChI is InChI=1S/C22H22N8O/c1-14-9-15(2)30(28-14)21-10-20(23-13-24-21)29-11-17(12-29)22(31)26-18-5-3-16(4-6-18)19-7-8-25-27-19/h3-10,13,17H,11-12H2,1-2H3,(H,25,27)(H,26,31). The lowest BCUT2D eigenvalue weighted by molar-refractivity contribution is -0.120. The van der Waals surface area contributed by atoms with Crippen LogP contribution in [0.5, 0.6) is 0 Å². The van der Waals surface area contributed by atoms with Crippen LogP contribution < -0.4 is 10.2 Å². The van der Waals surface area contributed by atoms with E-state index in [1.807, 2.05) is 56.3 Å². The molecule has 1 amide bonds. The molecule has 0 radical (unpaired) electrons. The van der Waals surface area contributed by atoms with Gasteiger partial charge in [0.2, 0.25) is 5.91 Å². The Morgan fingerprint density at radius 3 is 2.52 bits per heavy atom. The largest absolute Gasteiger partial charge is 0.355 e. The predicted octanol–water partition coefficient (Wildman–Crippen LogP) is 2.74. The summed E-state index contributed by atoms with van der Waals surface area (Å²) in [5.74, 6) is 1.45. The summed E-state index contributed by atoms with van der Waals surface area (Å²) in [5, 5.41) is 14.4. The minimum atomic E-state index is -0.0839. The lowest BCUT2D eigenvalue weighted by atomic mass is 9.99. The number of hydrogen-bond donors (Lipinski definition) is 2. The minimum Gasteiger partial charge on any atom is -0.355 e. The van der Waals surface area contributed by atoms with E-state index in [0.29, 0.717) is 13.1 Å². The first-order valence-electron chi connectivity index (χ1n) is 10.1.